The molecule has 162 valence electrons. The summed E-state index contributed by atoms with van der Waals surface area (Å²) in [7, 11) is 0. The van der Waals surface area contributed by atoms with Crippen molar-refractivity contribution in [3.8, 4) is 5.75 Å². The summed E-state index contributed by atoms with van der Waals surface area (Å²) in [6.07, 6.45) is 5.82. The van der Waals surface area contributed by atoms with Crippen molar-refractivity contribution in [2.24, 2.45) is 11.8 Å². The van der Waals surface area contributed by atoms with Gasteiger partial charge in [0.25, 0.3) is 0 Å². The van der Waals surface area contributed by atoms with Gasteiger partial charge in [-0.1, -0.05) is 26.0 Å². The average molecular weight is 416 g/mol. The van der Waals surface area contributed by atoms with Crippen LogP contribution in [0.2, 0.25) is 0 Å². The molecule has 1 N–H and O–H groups in total. The number of hydrogen-bond donors (Lipinski definition) is 1. The molecule has 2 aliphatic heterocycles. The smallest absolute Gasteiger partial charge is 0.339 e. The van der Waals surface area contributed by atoms with E-state index in [1.54, 1.807) is 53.7 Å². The van der Waals surface area contributed by atoms with Crippen LogP contribution in [-0.4, -0.2) is 23.0 Å². The average Bonchev–Trinajstić information content (AvgIpc) is 2.94. The molecule has 0 bridgehead atoms. The molecule has 3 atom stereocenters. The van der Waals surface area contributed by atoms with E-state index >= 15 is 4.39 Å². The lowest BCUT2D eigenvalue weighted by Gasteiger charge is -2.23. The number of esters is 1. The summed E-state index contributed by atoms with van der Waals surface area (Å²) in [5, 5.41) is 10.0. The van der Waals surface area contributed by atoms with E-state index in [1.807, 2.05) is 0 Å². The molecule has 1 aromatic rings. The lowest BCUT2D eigenvalue weighted by molar-refractivity contribution is -0.125. The maximum absolute atomic E-state index is 15.0. The van der Waals surface area contributed by atoms with Gasteiger partial charge in [-0.05, 0) is 57.0 Å². The molecule has 1 saturated heterocycles. The van der Waals surface area contributed by atoms with Crippen LogP contribution in [0, 0.1) is 31.0 Å². The maximum atomic E-state index is 15.0. The predicted molar refractivity (Wildman–Crippen MR) is 112 cm³/mol. The van der Waals surface area contributed by atoms with Crippen molar-refractivity contribution in [2.75, 3.05) is 0 Å². The van der Waals surface area contributed by atoms with Crippen LogP contribution in [0.5, 0.6) is 5.75 Å². The molecule has 2 heterocycles. The van der Waals surface area contributed by atoms with Gasteiger partial charge in [0, 0.05) is 18.3 Å². The highest BCUT2D eigenvalue weighted by atomic mass is 19.1. The van der Waals surface area contributed by atoms with Crippen LogP contribution >= 0.6 is 0 Å². The van der Waals surface area contributed by atoms with Crippen molar-refractivity contribution in [3.63, 3.8) is 0 Å². The molecule has 6 heteroatoms. The summed E-state index contributed by atoms with van der Waals surface area (Å²) in [6.45, 7) is 10.5. The Labute approximate surface area is 177 Å². The number of aryl methyl sites for hydroxylation is 1. The van der Waals surface area contributed by atoms with Crippen molar-refractivity contribution < 1.29 is 28.5 Å². The highest BCUT2D eigenvalue weighted by Gasteiger charge is 2.46. The second kappa shape index (κ2) is 8.52. The van der Waals surface area contributed by atoms with E-state index in [-0.39, 0.29) is 17.5 Å². The van der Waals surface area contributed by atoms with E-state index in [2.05, 4.69) is 0 Å². The summed E-state index contributed by atoms with van der Waals surface area (Å²) >= 11 is 0. The number of aromatic hydroxyl groups is 1. The van der Waals surface area contributed by atoms with Gasteiger partial charge in [-0.15, -0.1) is 0 Å². The number of cyclic esters (lactones) is 1. The third kappa shape index (κ3) is 4.76. The number of ether oxygens (including phenoxy) is 3. The number of rotatable bonds is 0. The first kappa shape index (κ1) is 22.5. The standard InChI is InChI=1S/C24H29FO5/c1-13-11-19(25)15(3)22-20(29-24(5,6)30-22)9-7-8-17-12-18(26)10-14(2)21(17)23(27)28-16(13)4/h7-8,10-13,15-16,26H,9H2,1-6H3/b8-7+,19-11+/t13-,15?,16+/m1/s1. The predicted octanol–water partition coefficient (Wildman–Crippen LogP) is 5.64. The molecule has 0 saturated carbocycles. The zero-order valence-corrected chi connectivity index (χ0v) is 18.3. The first-order valence-electron chi connectivity index (χ1n) is 10.2. The Hall–Kier alpha value is -2.18. The highest BCUT2D eigenvalue weighted by molar-refractivity contribution is 5.95. The minimum absolute atomic E-state index is 0.0614. The Morgan fingerprint density at radius 1 is 1.17 bits per heavy atom. The van der Waals surface area contributed by atoms with E-state index in [9.17, 15) is 9.90 Å². The molecule has 30 heavy (non-hydrogen) atoms. The van der Waals surface area contributed by atoms with Gasteiger partial charge in [0.05, 0.1) is 5.56 Å². The molecule has 5 nitrogen and oxygen atoms in total. The second-order valence-electron chi connectivity index (χ2n) is 8.47. The molecule has 0 spiro atoms. The van der Waals surface area contributed by atoms with Gasteiger partial charge in [0.15, 0.2) is 5.79 Å². The molecule has 0 aliphatic carbocycles. The number of carbonyl (C=O) groups is 1. The van der Waals surface area contributed by atoms with Crippen molar-refractivity contribution in [1.82, 2.24) is 0 Å². The van der Waals surface area contributed by atoms with E-state index in [0.717, 1.165) is 0 Å². The fraction of sp³-hybridized carbons (Fsp3) is 0.458. The van der Waals surface area contributed by atoms with Gasteiger partial charge in [-0.2, -0.15) is 0 Å². The van der Waals surface area contributed by atoms with Crippen molar-refractivity contribution >= 4 is 12.0 Å². The topological polar surface area (TPSA) is 65.0 Å². The van der Waals surface area contributed by atoms with Crippen molar-refractivity contribution in [2.45, 2.75) is 59.9 Å². The molecule has 1 fully saturated rings. The van der Waals surface area contributed by atoms with Gasteiger partial charge in [0.2, 0.25) is 0 Å². The van der Waals surface area contributed by atoms with Gasteiger partial charge in [-0.3, -0.25) is 0 Å². The monoisotopic (exact) mass is 416 g/mol. The Morgan fingerprint density at radius 2 is 1.87 bits per heavy atom. The molecule has 2 radical (unpaired) electrons. The van der Waals surface area contributed by atoms with Crippen LogP contribution in [0.25, 0.3) is 6.08 Å². The number of hydrogen-bond acceptors (Lipinski definition) is 5. The molecular weight excluding hydrogens is 387 g/mol. The van der Waals surface area contributed by atoms with E-state index in [4.69, 9.17) is 14.2 Å². The normalized spacial score (nSPS) is 31.1. The van der Waals surface area contributed by atoms with Crippen LogP contribution in [0.1, 0.15) is 62.5 Å². The van der Waals surface area contributed by atoms with E-state index in [0.29, 0.717) is 35.3 Å². The second-order valence-corrected chi connectivity index (χ2v) is 8.47. The lowest BCUT2D eigenvalue weighted by Crippen LogP contribution is -2.24. The largest absolute Gasteiger partial charge is 0.508 e. The van der Waals surface area contributed by atoms with Gasteiger partial charge in [0.1, 0.15) is 29.9 Å². The van der Waals surface area contributed by atoms with Crippen LogP contribution in [0.15, 0.2) is 30.1 Å². The summed E-state index contributed by atoms with van der Waals surface area (Å²) < 4.78 is 32.4. The molecule has 1 unspecified atom stereocenters. The summed E-state index contributed by atoms with van der Waals surface area (Å²) in [5.74, 6) is -2.66. The first-order valence-corrected chi connectivity index (χ1v) is 10.2. The molecule has 3 rings (SSSR count). The van der Waals surface area contributed by atoms with Crippen LogP contribution in [0.4, 0.5) is 4.39 Å². The number of fused-ring (bicyclic) bond motifs is 2. The quantitative estimate of drug-likeness (QED) is 0.555. The molecule has 0 aromatic heterocycles. The number of phenolic OH excluding ortho intramolecular Hbond substituents is 1. The SMILES string of the molecule is Cc1cc(O)cc2c1C(=O)O[C@@H](C)[C@H](C)/C=C(/F)C(C)[C]1OC(C)(C)O[C]1C/C=C/2. The minimum Gasteiger partial charge on any atom is -0.508 e. The number of benzene rings is 1. The molecule has 1 aromatic carbocycles. The van der Waals surface area contributed by atoms with Gasteiger partial charge < -0.3 is 19.3 Å². The van der Waals surface area contributed by atoms with Crippen molar-refractivity contribution in [1.29, 1.82) is 0 Å². The van der Waals surface area contributed by atoms with Crippen LogP contribution in [-0.2, 0) is 14.2 Å². The number of carbonyl (C=O) groups excluding carboxylic acids is 1. The zero-order valence-electron chi connectivity index (χ0n) is 18.3. The molecule has 0 amide bonds. The van der Waals surface area contributed by atoms with Gasteiger partial charge >= 0.3 is 5.97 Å². The number of halogens is 1. The lowest BCUT2D eigenvalue weighted by atomic mass is 9.93. The summed E-state index contributed by atoms with van der Waals surface area (Å²) in [4.78, 5) is 12.9. The zero-order chi connectivity index (χ0) is 22.2. The molecular formula is C24H29FO5. The minimum atomic E-state index is -0.883. The first-order chi connectivity index (χ1) is 14.0. The van der Waals surface area contributed by atoms with Crippen molar-refractivity contribution in [3.05, 3.63) is 59.0 Å². The summed E-state index contributed by atoms with van der Waals surface area (Å²) in [5.41, 5.74) is 1.52. The Morgan fingerprint density at radius 3 is 2.57 bits per heavy atom. The Balaban J connectivity index is 2.06. The van der Waals surface area contributed by atoms with E-state index in [1.165, 1.54) is 18.2 Å². The van der Waals surface area contributed by atoms with Gasteiger partial charge in [-0.25, -0.2) is 9.18 Å². The Kier molecular flexibility index (Phi) is 6.39. The third-order valence-electron chi connectivity index (χ3n) is 5.42. The van der Waals surface area contributed by atoms with E-state index < -0.39 is 23.8 Å². The third-order valence-corrected chi connectivity index (χ3v) is 5.42. The fourth-order valence-electron chi connectivity index (χ4n) is 3.65. The number of phenols is 1. The Bertz CT molecular complexity index is 873. The highest BCUT2D eigenvalue weighted by Crippen LogP contribution is 2.46. The van der Waals surface area contributed by atoms with Crippen LogP contribution < -0.4 is 0 Å². The summed E-state index contributed by atoms with van der Waals surface area (Å²) in [6, 6.07) is 3.04. The van der Waals surface area contributed by atoms with Crippen LogP contribution in [0.3, 0.4) is 0 Å². The fourth-order valence-corrected chi connectivity index (χ4v) is 3.65. The molecule has 2 aliphatic rings. The maximum Gasteiger partial charge on any atom is 0.339 e.